The third kappa shape index (κ3) is 6.07. The number of hydrogen-bond donors (Lipinski definition) is 2. The lowest BCUT2D eigenvalue weighted by Gasteiger charge is -2.34. The van der Waals surface area contributed by atoms with Crippen LogP contribution in [0.5, 0.6) is 0 Å². The molecule has 0 unspecified atom stereocenters. The van der Waals surface area contributed by atoms with Crippen LogP contribution < -0.4 is 10.0 Å². The molecule has 2 rings (SSSR count). The Balaban J connectivity index is 1.73. The second kappa shape index (κ2) is 9.27. The molecule has 0 saturated carbocycles. The predicted molar refractivity (Wildman–Crippen MR) is 95.8 cm³/mol. The van der Waals surface area contributed by atoms with Crippen molar-refractivity contribution < 1.29 is 18.0 Å². The van der Waals surface area contributed by atoms with Crippen LogP contribution in [0.2, 0.25) is 0 Å². The molecule has 1 saturated heterocycles. The maximum atomic E-state index is 12.2. The molecule has 8 nitrogen and oxygen atoms in total. The van der Waals surface area contributed by atoms with Gasteiger partial charge in [0.2, 0.25) is 11.8 Å². The van der Waals surface area contributed by atoms with Crippen molar-refractivity contribution >= 4 is 33.2 Å². The highest BCUT2D eigenvalue weighted by molar-refractivity contribution is 7.91. The number of amides is 2. The average Bonchev–Trinajstić information content (AvgIpc) is 3.14. The highest BCUT2D eigenvalue weighted by atomic mass is 32.2. The van der Waals surface area contributed by atoms with E-state index in [1.807, 2.05) is 11.8 Å². The molecule has 1 aliphatic rings. The second-order valence-electron chi connectivity index (χ2n) is 5.76. The fourth-order valence-electron chi connectivity index (χ4n) is 2.43. The monoisotopic (exact) mass is 388 g/mol. The zero-order chi connectivity index (χ0) is 18.3. The van der Waals surface area contributed by atoms with Crippen LogP contribution in [0.15, 0.2) is 21.7 Å². The quantitative estimate of drug-likeness (QED) is 0.637. The maximum Gasteiger partial charge on any atom is 0.250 e. The van der Waals surface area contributed by atoms with Crippen molar-refractivity contribution in [3.63, 3.8) is 0 Å². The summed E-state index contributed by atoms with van der Waals surface area (Å²) in [6, 6.07) is 3.15. The molecule has 0 aromatic carbocycles. The van der Waals surface area contributed by atoms with Gasteiger partial charge < -0.3 is 10.2 Å². The molecule has 2 N–H and O–H groups in total. The molecule has 25 heavy (non-hydrogen) atoms. The third-order valence-corrected chi connectivity index (χ3v) is 6.64. The fourth-order valence-corrected chi connectivity index (χ4v) is 4.45. The number of hydrogen-bond acceptors (Lipinski definition) is 6. The lowest BCUT2D eigenvalue weighted by Crippen LogP contribution is -2.52. The lowest BCUT2D eigenvalue weighted by molar-refractivity contribution is -0.132. The van der Waals surface area contributed by atoms with Gasteiger partial charge in [0, 0.05) is 32.7 Å². The first-order valence-corrected chi connectivity index (χ1v) is 10.6. The molecule has 10 heteroatoms. The minimum absolute atomic E-state index is 0.00895. The van der Waals surface area contributed by atoms with E-state index in [0.717, 1.165) is 17.8 Å². The van der Waals surface area contributed by atoms with E-state index in [9.17, 15) is 18.0 Å². The first kappa shape index (κ1) is 19.8. The molecule has 0 spiro atoms. The normalized spacial score (nSPS) is 16.0. The zero-order valence-electron chi connectivity index (χ0n) is 14.2. The van der Waals surface area contributed by atoms with Crippen LogP contribution in [0.4, 0.5) is 0 Å². The number of nitrogens with one attached hydrogen (secondary N) is 2. The average molecular weight is 389 g/mol. The number of carbonyl (C=O) groups excluding carboxylic acids is 2. The fraction of sp³-hybridized carbons (Fsp3) is 0.600. The van der Waals surface area contributed by atoms with Crippen LogP contribution in [-0.4, -0.2) is 75.8 Å². The Morgan fingerprint density at radius 2 is 1.96 bits per heavy atom. The van der Waals surface area contributed by atoms with Gasteiger partial charge >= 0.3 is 0 Å². The predicted octanol–water partition coefficient (Wildman–Crippen LogP) is -0.303. The Morgan fingerprint density at radius 3 is 2.56 bits per heavy atom. The van der Waals surface area contributed by atoms with Crippen LogP contribution in [-0.2, 0) is 19.6 Å². The van der Waals surface area contributed by atoms with Gasteiger partial charge in [-0.15, -0.1) is 11.3 Å². The molecule has 140 valence electrons. The molecule has 1 aliphatic heterocycles. The summed E-state index contributed by atoms with van der Waals surface area (Å²) in [6.45, 7) is 4.91. The van der Waals surface area contributed by atoms with E-state index in [4.69, 9.17) is 0 Å². The topological polar surface area (TPSA) is 98.8 Å². The van der Waals surface area contributed by atoms with Crippen molar-refractivity contribution in [1.82, 2.24) is 19.8 Å². The molecule has 0 aliphatic carbocycles. The summed E-state index contributed by atoms with van der Waals surface area (Å²) in [6.07, 6.45) is 0.898. The Morgan fingerprint density at radius 1 is 1.24 bits per heavy atom. The van der Waals surface area contributed by atoms with Crippen LogP contribution in [0, 0.1) is 0 Å². The Hall–Kier alpha value is -1.49. The molecule has 0 bridgehead atoms. The van der Waals surface area contributed by atoms with Gasteiger partial charge in [-0.05, 0) is 17.9 Å². The standard InChI is InChI=1S/C15H24N4O4S2/c1-2-5-16-13(20)12-18-6-8-19(9-7-18)14(21)11-17-25(22,23)15-4-3-10-24-15/h3-4,10,17H,2,5-9,11-12H2,1H3,(H,16,20). The highest BCUT2D eigenvalue weighted by Crippen LogP contribution is 2.15. The lowest BCUT2D eigenvalue weighted by atomic mass is 10.3. The summed E-state index contributed by atoms with van der Waals surface area (Å²) in [5, 5.41) is 4.50. The molecular weight excluding hydrogens is 364 g/mol. The largest absolute Gasteiger partial charge is 0.355 e. The number of sulfonamides is 1. The SMILES string of the molecule is CCCNC(=O)CN1CCN(C(=O)CNS(=O)(=O)c2cccs2)CC1. The maximum absolute atomic E-state index is 12.2. The highest BCUT2D eigenvalue weighted by Gasteiger charge is 2.24. The van der Waals surface area contributed by atoms with E-state index in [2.05, 4.69) is 10.0 Å². The Labute approximate surface area is 152 Å². The van der Waals surface area contributed by atoms with Crippen LogP contribution in [0.1, 0.15) is 13.3 Å². The molecule has 1 fully saturated rings. The summed E-state index contributed by atoms with van der Waals surface area (Å²) in [4.78, 5) is 27.5. The van der Waals surface area contributed by atoms with Crippen molar-refractivity contribution in [1.29, 1.82) is 0 Å². The van der Waals surface area contributed by atoms with Crippen molar-refractivity contribution in [2.45, 2.75) is 17.6 Å². The summed E-state index contributed by atoms with van der Waals surface area (Å²) >= 11 is 1.11. The molecular formula is C15H24N4O4S2. The molecule has 0 atom stereocenters. The molecule has 2 heterocycles. The number of rotatable bonds is 8. The van der Waals surface area contributed by atoms with Gasteiger partial charge in [0.15, 0.2) is 0 Å². The molecule has 1 aromatic heterocycles. The third-order valence-electron chi connectivity index (χ3n) is 3.84. The van der Waals surface area contributed by atoms with Gasteiger partial charge in [-0.2, -0.15) is 0 Å². The summed E-state index contributed by atoms with van der Waals surface area (Å²) in [5.41, 5.74) is 0. The smallest absolute Gasteiger partial charge is 0.250 e. The van der Waals surface area contributed by atoms with E-state index in [1.165, 1.54) is 6.07 Å². The van der Waals surface area contributed by atoms with Crippen molar-refractivity contribution in [2.24, 2.45) is 0 Å². The second-order valence-corrected chi connectivity index (χ2v) is 8.71. The van der Waals surface area contributed by atoms with E-state index < -0.39 is 10.0 Å². The van der Waals surface area contributed by atoms with E-state index in [-0.39, 0.29) is 22.6 Å². The minimum Gasteiger partial charge on any atom is -0.355 e. The van der Waals surface area contributed by atoms with Gasteiger partial charge in [0.25, 0.3) is 10.0 Å². The van der Waals surface area contributed by atoms with Crippen LogP contribution in [0.25, 0.3) is 0 Å². The van der Waals surface area contributed by atoms with Gasteiger partial charge in [-0.25, -0.2) is 13.1 Å². The summed E-state index contributed by atoms with van der Waals surface area (Å²) in [7, 11) is -3.63. The van der Waals surface area contributed by atoms with Crippen LogP contribution in [0.3, 0.4) is 0 Å². The summed E-state index contributed by atoms with van der Waals surface area (Å²) < 4.78 is 26.6. The van der Waals surface area contributed by atoms with E-state index in [0.29, 0.717) is 39.3 Å². The Kier molecular flexibility index (Phi) is 7.36. The van der Waals surface area contributed by atoms with Crippen molar-refractivity contribution in [3.05, 3.63) is 17.5 Å². The Bertz CT molecular complexity index is 668. The van der Waals surface area contributed by atoms with Gasteiger partial charge in [-0.1, -0.05) is 13.0 Å². The zero-order valence-corrected chi connectivity index (χ0v) is 15.9. The number of thiophene rings is 1. The number of carbonyl (C=O) groups is 2. The van der Waals surface area contributed by atoms with Crippen molar-refractivity contribution in [3.8, 4) is 0 Å². The van der Waals surface area contributed by atoms with Gasteiger partial charge in [-0.3, -0.25) is 14.5 Å². The molecule has 0 radical (unpaired) electrons. The first-order chi connectivity index (χ1) is 11.9. The summed E-state index contributed by atoms with van der Waals surface area (Å²) in [5.74, 6) is -0.263. The minimum atomic E-state index is -3.63. The van der Waals surface area contributed by atoms with Gasteiger partial charge in [0.1, 0.15) is 4.21 Å². The number of nitrogens with zero attached hydrogens (tertiary/aromatic N) is 2. The van der Waals surface area contributed by atoms with Gasteiger partial charge in [0.05, 0.1) is 13.1 Å². The molecule has 1 aromatic rings. The first-order valence-electron chi connectivity index (χ1n) is 8.22. The van der Waals surface area contributed by atoms with Crippen LogP contribution >= 0.6 is 11.3 Å². The van der Waals surface area contributed by atoms with Crippen molar-refractivity contribution in [2.75, 3.05) is 45.8 Å². The molecule has 2 amide bonds. The van der Waals surface area contributed by atoms with E-state index in [1.54, 1.807) is 16.3 Å². The number of piperazine rings is 1. The van der Waals surface area contributed by atoms with E-state index >= 15 is 0 Å².